The van der Waals surface area contributed by atoms with Crippen molar-refractivity contribution in [3.05, 3.63) is 47.5 Å². The predicted molar refractivity (Wildman–Crippen MR) is 68.6 cm³/mol. The minimum atomic E-state index is -0.531. The number of anilines is 1. The molecule has 0 saturated heterocycles. The summed E-state index contributed by atoms with van der Waals surface area (Å²) in [5, 5.41) is 8.41. The van der Waals surface area contributed by atoms with E-state index in [2.05, 4.69) is 15.8 Å². The number of hydrogen-bond donors (Lipinski definition) is 2. The van der Waals surface area contributed by atoms with Gasteiger partial charge in [0, 0.05) is 11.6 Å². The summed E-state index contributed by atoms with van der Waals surface area (Å²) in [5.41, 5.74) is 0.148. The molecule has 6 nitrogen and oxygen atoms in total. The van der Waals surface area contributed by atoms with Gasteiger partial charge in [-0.2, -0.15) is 0 Å². The van der Waals surface area contributed by atoms with Crippen LogP contribution in [0.5, 0.6) is 0 Å². The first kappa shape index (κ1) is 13.7. The molecule has 0 radical (unpaired) electrons. The molecule has 2 rings (SSSR count). The third kappa shape index (κ3) is 3.64. The summed E-state index contributed by atoms with van der Waals surface area (Å²) < 4.78 is 17.7. The number of nitrogens with zero attached hydrogens (tertiary/aromatic N) is 1. The Morgan fingerprint density at radius 2 is 2.15 bits per heavy atom. The van der Waals surface area contributed by atoms with Crippen LogP contribution in [0.4, 0.5) is 10.2 Å². The van der Waals surface area contributed by atoms with E-state index in [0.29, 0.717) is 5.76 Å². The first-order chi connectivity index (χ1) is 9.54. The van der Waals surface area contributed by atoms with Crippen molar-refractivity contribution in [2.75, 3.05) is 11.9 Å². The number of hydrogen-bond acceptors (Lipinski definition) is 4. The fraction of sp³-hybridized carbons (Fsp3) is 0.154. The Morgan fingerprint density at radius 3 is 2.80 bits per heavy atom. The van der Waals surface area contributed by atoms with Gasteiger partial charge in [-0.25, -0.2) is 4.39 Å². The Hall–Kier alpha value is -2.70. The molecule has 0 bridgehead atoms. The van der Waals surface area contributed by atoms with Crippen molar-refractivity contribution in [1.82, 2.24) is 10.5 Å². The first-order valence-electron chi connectivity index (χ1n) is 5.81. The molecule has 0 saturated carbocycles. The number of benzene rings is 1. The van der Waals surface area contributed by atoms with E-state index >= 15 is 0 Å². The number of nitrogens with one attached hydrogen (secondary N) is 2. The second-order valence-electron chi connectivity index (χ2n) is 4.06. The van der Waals surface area contributed by atoms with Crippen molar-refractivity contribution >= 4 is 17.6 Å². The van der Waals surface area contributed by atoms with Crippen LogP contribution in [0, 0.1) is 12.7 Å². The average molecular weight is 277 g/mol. The van der Waals surface area contributed by atoms with Gasteiger partial charge in [0.05, 0.1) is 6.54 Å². The highest BCUT2D eigenvalue weighted by molar-refractivity contribution is 5.98. The molecule has 1 heterocycles. The van der Waals surface area contributed by atoms with E-state index in [1.807, 2.05) is 0 Å². The van der Waals surface area contributed by atoms with E-state index in [1.54, 1.807) is 13.0 Å². The number of amides is 2. The fourth-order valence-electron chi connectivity index (χ4n) is 1.50. The lowest BCUT2D eigenvalue weighted by Crippen LogP contribution is -2.32. The van der Waals surface area contributed by atoms with Crippen molar-refractivity contribution in [3.63, 3.8) is 0 Å². The lowest BCUT2D eigenvalue weighted by atomic mass is 10.2. The van der Waals surface area contributed by atoms with Gasteiger partial charge in [0.2, 0.25) is 5.91 Å². The largest absolute Gasteiger partial charge is 0.360 e. The van der Waals surface area contributed by atoms with Crippen LogP contribution in [0.3, 0.4) is 0 Å². The van der Waals surface area contributed by atoms with Crippen molar-refractivity contribution in [3.8, 4) is 0 Å². The van der Waals surface area contributed by atoms with Gasteiger partial charge < -0.3 is 15.2 Å². The molecule has 2 amide bonds. The summed E-state index contributed by atoms with van der Waals surface area (Å²) in [6.07, 6.45) is 0. The second kappa shape index (κ2) is 5.96. The summed E-state index contributed by atoms with van der Waals surface area (Å²) in [5.74, 6) is -0.671. The van der Waals surface area contributed by atoms with Crippen LogP contribution < -0.4 is 10.6 Å². The molecule has 0 aliphatic carbocycles. The molecule has 1 aromatic heterocycles. The lowest BCUT2D eigenvalue weighted by molar-refractivity contribution is -0.115. The van der Waals surface area contributed by atoms with Gasteiger partial charge in [0.1, 0.15) is 11.6 Å². The molecule has 7 heteroatoms. The van der Waals surface area contributed by atoms with Crippen molar-refractivity contribution in [1.29, 1.82) is 0 Å². The minimum absolute atomic E-state index is 0.148. The number of rotatable bonds is 4. The molecule has 1 aromatic carbocycles. The highest BCUT2D eigenvalue weighted by atomic mass is 19.1. The van der Waals surface area contributed by atoms with Crippen LogP contribution >= 0.6 is 0 Å². The lowest BCUT2D eigenvalue weighted by Gasteiger charge is -2.04. The van der Waals surface area contributed by atoms with Gasteiger partial charge in [0.15, 0.2) is 5.82 Å². The molecule has 2 aromatic rings. The zero-order valence-corrected chi connectivity index (χ0v) is 10.6. The van der Waals surface area contributed by atoms with Crippen LogP contribution in [0.15, 0.2) is 34.9 Å². The maximum Gasteiger partial charge on any atom is 0.251 e. The van der Waals surface area contributed by atoms with Crippen LogP contribution in [0.1, 0.15) is 16.1 Å². The monoisotopic (exact) mass is 277 g/mol. The first-order valence-corrected chi connectivity index (χ1v) is 5.81. The zero-order chi connectivity index (χ0) is 14.5. The fourth-order valence-corrected chi connectivity index (χ4v) is 1.50. The molecule has 0 spiro atoms. The third-order valence-corrected chi connectivity index (χ3v) is 2.39. The SMILES string of the molecule is Cc1cc(NC(=O)CNC(=O)c2cccc(F)c2)no1. The maximum atomic E-state index is 12.9. The van der Waals surface area contributed by atoms with Crippen LogP contribution in [0.2, 0.25) is 0 Å². The number of aryl methyl sites for hydroxylation is 1. The number of carbonyl (C=O) groups is 2. The van der Waals surface area contributed by atoms with E-state index < -0.39 is 17.6 Å². The van der Waals surface area contributed by atoms with E-state index in [0.717, 1.165) is 6.07 Å². The Morgan fingerprint density at radius 1 is 1.35 bits per heavy atom. The van der Waals surface area contributed by atoms with E-state index in [9.17, 15) is 14.0 Å². The van der Waals surface area contributed by atoms with Crippen LogP contribution in [-0.2, 0) is 4.79 Å². The normalized spacial score (nSPS) is 10.1. The Labute approximate surface area is 114 Å². The molecule has 0 aliphatic rings. The standard InChI is InChI=1S/C13H12FN3O3/c1-8-5-11(17-20-8)16-12(18)7-15-13(19)9-3-2-4-10(14)6-9/h2-6H,7H2,1H3,(H,15,19)(H,16,17,18). The molecule has 0 unspecified atom stereocenters. The summed E-state index contributed by atoms with van der Waals surface area (Å²) in [7, 11) is 0. The second-order valence-corrected chi connectivity index (χ2v) is 4.06. The number of aromatic nitrogens is 1. The minimum Gasteiger partial charge on any atom is -0.360 e. The summed E-state index contributed by atoms with van der Waals surface area (Å²) >= 11 is 0. The molecular weight excluding hydrogens is 265 g/mol. The highest BCUT2D eigenvalue weighted by Crippen LogP contribution is 2.06. The third-order valence-electron chi connectivity index (χ3n) is 2.39. The van der Waals surface area contributed by atoms with E-state index in [1.165, 1.54) is 18.2 Å². The topological polar surface area (TPSA) is 84.2 Å². The highest BCUT2D eigenvalue weighted by Gasteiger charge is 2.10. The summed E-state index contributed by atoms with van der Waals surface area (Å²) in [6.45, 7) is 1.44. The molecule has 2 N–H and O–H groups in total. The van der Waals surface area contributed by atoms with Gasteiger partial charge in [-0.05, 0) is 25.1 Å². The van der Waals surface area contributed by atoms with Gasteiger partial charge in [0.25, 0.3) is 5.91 Å². The molecular formula is C13H12FN3O3. The van der Waals surface area contributed by atoms with Gasteiger partial charge in [-0.15, -0.1) is 0 Å². The molecule has 0 fully saturated rings. The molecule has 0 atom stereocenters. The van der Waals surface area contributed by atoms with E-state index in [4.69, 9.17) is 4.52 Å². The van der Waals surface area contributed by atoms with E-state index in [-0.39, 0.29) is 17.9 Å². The summed E-state index contributed by atoms with van der Waals surface area (Å²) in [4.78, 5) is 23.2. The van der Waals surface area contributed by atoms with Crippen molar-refractivity contribution in [2.24, 2.45) is 0 Å². The molecule has 104 valence electrons. The van der Waals surface area contributed by atoms with Gasteiger partial charge >= 0.3 is 0 Å². The van der Waals surface area contributed by atoms with Crippen molar-refractivity contribution in [2.45, 2.75) is 6.92 Å². The summed E-state index contributed by atoms with van der Waals surface area (Å²) in [6, 6.07) is 6.75. The van der Waals surface area contributed by atoms with Crippen molar-refractivity contribution < 1.29 is 18.5 Å². The average Bonchev–Trinajstić information content (AvgIpc) is 2.81. The quantitative estimate of drug-likeness (QED) is 0.886. The Balaban J connectivity index is 1.85. The maximum absolute atomic E-state index is 12.9. The zero-order valence-electron chi connectivity index (χ0n) is 10.6. The number of carbonyl (C=O) groups excluding carboxylic acids is 2. The predicted octanol–water partition coefficient (Wildman–Crippen LogP) is 1.49. The van der Waals surface area contributed by atoms with Crippen LogP contribution in [-0.4, -0.2) is 23.5 Å². The Bertz CT molecular complexity index is 639. The van der Waals surface area contributed by atoms with Gasteiger partial charge in [-0.3, -0.25) is 9.59 Å². The van der Waals surface area contributed by atoms with Gasteiger partial charge in [-0.1, -0.05) is 11.2 Å². The number of halogens is 1. The smallest absolute Gasteiger partial charge is 0.251 e. The molecule has 0 aliphatic heterocycles. The van der Waals surface area contributed by atoms with Crippen LogP contribution in [0.25, 0.3) is 0 Å². The molecule has 20 heavy (non-hydrogen) atoms. The Kier molecular flexibility index (Phi) is 4.09.